The molecule has 0 aliphatic heterocycles. The number of hydrogen-bond acceptors (Lipinski definition) is 5. The molecule has 2 amide bonds. The molecule has 6 nitrogen and oxygen atoms in total. The highest BCUT2D eigenvalue weighted by Gasteiger charge is 2.31. The minimum Gasteiger partial charge on any atom is -0.469 e. The molecule has 0 fully saturated rings. The van der Waals surface area contributed by atoms with E-state index in [1.807, 2.05) is 17.5 Å². The maximum atomic E-state index is 12.2. The summed E-state index contributed by atoms with van der Waals surface area (Å²) in [4.78, 5) is 25.1. The van der Waals surface area contributed by atoms with Crippen molar-refractivity contribution < 1.29 is 31.9 Å². The van der Waals surface area contributed by atoms with E-state index in [2.05, 4.69) is 15.4 Å². The topological polar surface area (TPSA) is 80.6 Å². The molecule has 2 heterocycles. The lowest BCUT2D eigenvalue weighted by Crippen LogP contribution is -2.37. The van der Waals surface area contributed by atoms with Crippen molar-refractivity contribution >= 4 is 28.8 Å². The van der Waals surface area contributed by atoms with Crippen LogP contribution in [0.5, 0.6) is 5.75 Å². The van der Waals surface area contributed by atoms with Crippen LogP contribution >= 0.6 is 11.3 Å². The third-order valence-corrected chi connectivity index (χ3v) is 4.78. The highest BCUT2D eigenvalue weighted by molar-refractivity contribution is 7.10. The van der Waals surface area contributed by atoms with Gasteiger partial charge in [0, 0.05) is 17.1 Å². The predicted octanol–water partition coefficient (Wildman–Crippen LogP) is 4.13. The van der Waals surface area contributed by atoms with Gasteiger partial charge in [0.25, 0.3) is 0 Å². The number of carbonyl (C=O) groups is 2. The number of furan rings is 1. The smallest absolute Gasteiger partial charge is 0.469 e. The molecule has 0 radical (unpaired) electrons. The van der Waals surface area contributed by atoms with E-state index in [9.17, 15) is 22.8 Å². The van der Waals surface area contributed by atoms with Gasteiger partial charge in [0.05, 0.1) is 12.2 Å². The molecule has 0 saturated heterocycles. The zero-order valence-corrected chi connectivity index (χ0v) is 15.5. The number of halogens is 3. The van der Waals surface area contributed by atoms with Crippen molar-refractivity contribution in [1.82, 2.24) is 5.32 Å². The Morgan fingerprint density at radius 2 is 1.83 bits per heavy atom. The number of anilines is 1. The van der Waals surface area contributed by atoms with Crippen LogP contribution in [0.1, 0.15) is 16.6 Å². The molecule has 0 bridgehead atoms. The number of amides is 2. The van der Waals surface area contributed by atoms with Gasteiger partial charge in [-0.1, -0.05) is 6.07 Å². The van der Waals surface area contributed by atoms with Gasteiger partial charge in [0.2, 0.25) is 0 Å². The minimum atomic E-state index is -4.81. The van der Waals surface area contributed by atoms with E-state index in [-0.39, 0.29) is 18.2 Å². The fourth-order valence-electron chi connectivity index (χ4n) is 2.52. The number of benzene rings is 1. The molecule has 3 aromatic rings. The molecule has 1 atom stereocenters. The molecule has 0 spiro atoms. The van der Waals surface area contributed by atoms with Gasteiger partial charge in [-0.15, -0.1) is 24.5 Å². The summed E-state index contributed by atoms with van der Waals surface area (Å²) in [5, 5.41) is 6.76. The highest BCUT2D eigenvalue weighted by Crippen LogP contribution is 2.28. The molecule has 1 unspecified atom stereocenters. The minimum absolute atomic E-state index is 0.138. The van der Waals surface area contributed by atoms with Gasteiger partial charge in [-0.3, -0.25) is 9.59 Å². The van der Waals surface area contributed by atoms with Crippen molar-refractivity contribution in [2.75, 3.05) is 11.9 Å². The Hall–Kier alpha value is -3.27. The molecule has 29 heavy (non-hydrogen) atoms. The lowest BCUT2D eigenvalue weighted by Gasteiger charge is -2.14. The molecule has 0 aliphatic carbocycles. The first-order valence-corrected chi connectivity index (χ1v) is 9.21. The van der Waals surface area contributed by atoms with Crippen molar-refractivity contribution in [3.8, 4) is 5.75 Å². The van der Waals surface area contributed by atoms with Gasteiger partial charge >= 0.3 is 18.2 Å². The van der Waals surface area contributed by atoms with Crippen LogP contribution in [0.25, 0.3) is 0 Å². The first-order chi connectivity index (χ1) is 13.8. The zero-order chi connectivity index (χ0) is 20.9. The van der Waals surface area contributed by atoms with Crippen molar-refractivity contribution in [2.24, 2.45) is 0 Å². The van der Waals surface area contributed by atoms with Crippen LogP contribution < -0.4 is 15.4 Å². The quantitative estimate of drug-likeness (QED) is 0.584. The number of thiophene rings is 1. The Morgan fingerprint density at radius 3 is 2.41 bits per heavy atom. The Balaban J connectivity index is 1.57. The Labute approximate surface area is 167 Å². The van der Waals surface area contributed by atoms with Crippen molar-refractivity contribution in [3.05, 3.63) is 70.8 Å². The molecule has 10 heteroatoms. The van der Waals surface area contributed by atoms with Gasteiger partial charge < -0.3 is 19.8 Å². The van der Waals surface area contributed by atoms with E-state index < -0.39 is 23.9 Å². The van der Waals surface area contributed by atoms with Crippen LogP contribution in [0.4, 0.5) is 18.9 Å². The molecule has 152 valence electrons. The SMILES string of the molecule is O=C(NCC(c1ccco1)c1cccs1)C(=O)Nc1ccc(OC(F)(F)F)cc1. The standard InChI is InChI=1S/C19H15F3N2O4S/c20-19(21,22)28-13-7-5-12(6-8-13)24-18(26)17(25)23-11-14(15-3-1-9-27-15)16-4-2-10-29-16/h1-10,14H,11H2,(H,23,25)(H,24,26). The second-order valence-corrected chi connectivity index (χ2v) is 6.80. The van der Waals surface area contributed by atoms with E-state index in [1.165, 1.54) is 29.7 Å². The lowest BCUT2D eigenvalue weighted by atomic mass is 10.0. The fraction of sp³-hybridized carbons (Fsp3) is 0.158. The maximum Gasteiger partial charge on any atom is 0.573 e. The van der Waals surface area contributed by atoms with Crippen LogP contribution in [-0.4, -0.2) is 24.7 Å². The number of ether oxygens (including phenoxy) is 1. The summed E-state index contributed by atoms with van der Waals surface area (Å²) in [6, 6.07) is 11.7. The van der Waals surface area contributed by atoms with Crippen LogP contribution in [-0.2, 0) is 9.59 Å². The van der Waals surface area contributed by atoms with Gasteiger partial charge in [0.1, 0.15) is 11.5 Å². The summed E-state index contributed by atoms with van der Waals surface area (Å²) in [6.45, 7) is 0.138. The highest BCUT2D eigenvalue weighted by atomic mass is 32.1. The molecule has 2 N–H and O–H groups in total. The van der Waals surface area contributed by atoms with Crippen molar-refractivity contribution in [1.29, 1.82) is 0 Å². The van der Waals surface area contributed by atoms with Gasteiger partial charge in [-0.25, -0.2) is 0 Å². The maximum absolute atomic E-state index is 12.2. The molecule has 3 rings (SSSR count). The van der Waals surface area contributed by atoms with E-state index in [1.54, 1.807) is 12.1 Å². The lowest BCUT2D eigenvalue weighted by molar-refractivity contribution is -0.274. The summed E-state index contributed by atoms with van der Waals surface area (Å²) in [6.07, 6.45) is -3.28. The second kappa shape index (κ2) is 8.82. The third-order valence-electron chi connectivity index (χ3n) is 3.79. The number of carbonyl (C=O) groups excluding carboxylic acids is 2. The molecular formula is C19H15F3N2O4S. The van der Waals surface area contributed by atoms with Gasteiger partial charge in [-0.05, 0) is 47.8 Å². The first-order valence-electron chi connectivity index (χ1n) is 8.33. The monoisotopic (exact) mass is 424 g/mol. The van der Waals surface area contributed by atoms with E-state index >= 15 is 0 Å². The average molecular weight is 424 g/mol. The summed E-state index contributed by atoms with van der Waals surface area (Å²) < 4.78 is 45.6. The summed E-state index contributed by atoms with van der Waals surface area (Å²) in [5.74, 6) is -1.86. The van der Waals surface area contributed by atoms with Crippen LogP contribution in [0.3, 0.4) is 0 Å². The number of rotatable bonds is 6. The van der Waals surface area contributed by atoms with E-state index in [4.69, 9.17) is 4.42 Å². The second-order valence-electron chi connectivity index (χ2n) is 5.82. The third kappa shape index (κ3) is 5.85. The van der Waals surface area contributed by atoms with Crippen molar-refractivity contribution in [3.63, 3.8) is 0 Å². The fourth-order valence-corrected chi connectivity index (χ4v) is 3.36. The van der Waals surface area contributed by atoms with Crippen LogP contribution in [0.2, 0.25) is 0 Å². The molecular weight excluding hydrogens is 409 g/mol. The normalized spacial score (nSPS) is 12.2. The zero-order valence-electron chi connectivity index (χ0n) is 14.7. The summed E-state index contributed by atoms with van der Waals surface area (Å²) in [5.41, 5.74) is 0.153. The summed E-state index contributed by atoms with van der Waals surface area (Å²) in [7, 11) is 0. The Morgan fingerprint density at radius 1 is 1.07 bits per heavy atom. The van der Waals surface area contributed by atoms with E-state index in [0.29, 0.717) is 5.76 Å². The number of alkyl halides is 3. The molecule has 1 aromatic carbocycles. The predicted molar refractivity (Wildman–Crippen MR) is 99.6 cm³/mol. The molecule has 0 saturated carbocycles. The largest absolute Gasteiger partial charge is 0.573 e. The van der Waals surface area contributed by atoms with E-state index in [0.717, 1.165) is 17.0 Å². The molecule has 0 aliphatic rings. The van der Waals surface area contributed by atoms with Crippen LogP contribution in [0.15, 0.2) is 64.6 Å². The first kappa shape index (κ1) is 20.5. The molecule has 2 aromatic heterocycles. The van der Waals surface area contributed by atoms with Crippen molar-refractivity contribution in [2.45, 2.75) is 12.3 Å². The Bertz CT molecular complexity index is 905. The summed E-state index contributed by atoms with van der Waals surface area (Å²) >= 11 is 1.49. The van der Waals surface area contributed by atoms with Gasteiger partial charge in [0.15, 0.2) is 0 Å². The van der Waals surface area contributed by atoms with Gasteiger partial charge in [-0.2, -0.15) is 0 Å². The van der Waals surface area contributed by atoms with Crippen LogP contribution in [0, 0.1) is 0 Å². The Kier molecular flexibility index (Phi) is 6.23. The number of nitrogens with one attached hydrogen (secondary N) is 2. The average Bonchev–Trinajstić information content (AvgIpc) is 3.36. The number of hydrogen-bond donors (Lipinski definition) is 2.